The van der Waals surface area contributed by atoms with Gasteiger partial charge in [0.1, 0.15) is 5.70 Å². The van der Waals surface area contributed by atoms with E-state index in [1.54, 1.807) is 0 Å². The summed E-state index contributed by atoms with van der Waals surface area (Å²) >= 11 is 0. The predicted molar refractivity (Wildman–Crippen MR) is 114 cm³/mol. The van der Waals surface area contributed by atoms with Crippen LogP contribution in [0.2, 0.25) is 0 Å². The van der Waals surface area contributed by atoms with Crippen molar-refractivity contribution in [1.82, 2.24) is 19.1 Å². The highest BCUT2D eigenvalue weighted by molar-refractivity contribution is 5.88. The predicted octanol–water partition coefficient (Wildman–Crippen LogP) is 4.55. The van der Waals surface area contributed by atoms with Crippen molar-refractivity contribution in [2.45, 2.75) is 39.8 Å². The second-order valence-electron chi connectivity index (χ2n) is 6.91. The lowest BCUT2D eigenvalue weighted by molar-refractivity contribution is 0.496. The molecule has 6 heteroatoms. The Balaban J connectivity index is 1.93. The molecule has 2 aromatic carbocycles. The number of hydrogen-bond acceptors (Lipinski definition) is 4. The molecule has 0 bridgehead atoms. The van der Waals surface area contributed by atoms with Gasteiger partial charge in [0.2, 0.25) is 0 Å². The first-order valence-corrected chi connectivity index (χ1v) is 9.75. The van der Waals surface area contributed by atoms with Gasteiger partial charge in [-0.2, -0.15) is 0 Å². The molecule has 0 fully saturated rings. The summed E-state index contributed by atoms with van der Waals surface area (Å²) in [5.74, 6) is 1.03. The molecule has 0 amide bonds. The number of rotatable bonds is 6. The van der Waals surface area contributed by atoms with Gasteiger partial charge in [-0.1, -0.05) is 38.1 Å². The van der Waals surface area contributed by atoms with E-state index in [9.17, 15) is 5.11 Å². The van der Waals surface area contributed by atoms with Gasteiger partial charge in [-0.15, -0.1) is 0 Å². The van der Waals surface area contributed by atoms with E-state index in [0.29, 0.717) is 11.6 Å². The zero-order valence-electron chi connectivity index (χ0n) is 16.3. The molecule has 0 aliphatic rings. The molecule has 3 N–H and O–H groups in total. The molecular formula is C22H25N5O. The lowest BCUT2D eigenvalue weighted by Crippen LogP contribution is -2.12. The first-order valence-electron chi connectivity index (χ1n) is 9.75. The van der Waals surface area contributed by atoms with Crippen LogP contribution in [0, 0.1) is 0 Å². The fourth-order valence-electron chi connectivity index (χ4n) is 3.66. The van der Waals surface area contributed by atoms with Crippen LogP contribution in [0.5, 0.6) is 0 Å². The van der Waals surface area contributed by atoms with Crippen LogP contribution in [0.1, 0.15) is 38.3 Å². The summed E-state index contributed by atoms with van der Waals surface area (Å²) in [5, 5.41) is 11.1. The molecule has 0 saturated heterocycles. The average Bonchev–Trinajstić information content (AvgIpc) is 3.27. The summed E-state index contributed by atoms with van der Waals surface area (Å²) < 4.78 is 4.08. The van der Waals surface area contributed by atoms with Gasteiger partial charge in [-0.25, -0.2) is 9.97 Å². The third-order valence-corrected chi connectivity index (χ3v) is 4.91. The number of aryl methyl sites for hydroxylation is 2. The Kier molecular flexibility index (Phi) is 4.77. The summed E-state index contributed by atoms with van der Waals surface area (Å²) in [6.07, 6.45) is 1.87. The maximum atomic E-state index is 11.1. The van der Waals surface area contributed by atoms with E-state index < -0.39 is 0 Å². The molecule has 0 radical (unpaired) electrons. The molecule has 0 aliphatic carbocycles. The highest BCUT2D eigenvalue weighted by atomic mass is 16.3. The van der Waals surface area contributed by atoms with Crippen molar-refractivity contribution >= 4 is 33.5 Å². The molecule has 0 aliphatic heterocycles. The number of fused-ring (bicyclic) bond motifs is 2. The number of nitrogens with zero attached hydrogens (tertiary/aromatic N) is 4. The van der Waals surface area contributed by atoms with Crippen LogP contribution in [0.15, 0.2) is 48.5 Å². The summed E-state index contributed by atoms with van der Waals surface area (Å²) in [6, 6.07) is 15.8. The minimum Gasteiger partial charge on any atom is -0.503 e. The normalized spacial score (nSPS) is 12.6. The monoisotopic (exact) mass is 375 g/mol. The number of nitrogens with two attached hydrogens (primary N) is 1. The molecule has 144 valence electrons. The average molecular weight is 375 g/mol. The van der Waals surface area contributed by atoms with Gasteiger partial charge in [0.05, 0.1) is 22.1 Å². The van der Waals surface area contributed by atoms with Gasteiger partial charge in [-0.05, 0) is 37.1 Å². The van der Waals surface area contributed by atoms with Crippen molar-refractivity contribution in [2.24, 2.45) is 5.73 Å². The number of hydrogen-bond donors (Lipinski definition) is 2. The van der Waals surface area contributed by atoms with E-state index >= 15 is 0 Å². The molecule has 2 heterocycles. The first-order chi connectivity index (χ1) is 13.7. The smallest absolute Gasteiger partial charge is 0.186 e. The minimum absolute atomic E-state index is 0.0303. The third-order valence-electron chi connectivity index (χ3n) is 4.91. The molecule has 4 rings (SSSR count). The lowest BCUT2D eigenvalue weighted by atomic mass is 10.3. The Morgan fingerprint density at radius 1 is 0.821 bits per heavy atom. The number of para-hydroxylation sites is 4. The fraction of sp³-hybridized carbons (Fsp3) is 0.273. The van der Waals surface area contributed by atoms with Crippen LogP contribution in [0.25, 0.3) is 33.5 Å². The summed E-state index contributed by atoms with van der Waals surface area (Å²) in [4.78, 5) is 9.34. The zero-order valence-corrected chi connectivity index (χ0v) is 16.3. The standard InChI is InChI=1S/C22H25N5O/c1-3-13-26-17-11-7-5-9-15(17)24-21(26)19(23)20(28)22-25-16-10-6-8-12-18(16)27(22)14-4-2/h5-12,28H,3-4,13-14,23H2,1-2H3/b20-19-. The van der Waals surface area contributed by atoms with E-state index in [1.165, 1.54) is 0 Å². The molecule has 28 heavy (non-hydrogen) atoms. The number of aliphatic hydroxyl groups excluding tert-OH is 1. The number of imidazole rings is 2. The molecular weight excluding hydrogens is 350 g/mol. The van der Waals surface area contributed by atoms with Crippen molar-refractivity contribution in [2.75, 3.05) is 0 Å². The summed E-state index contributed by atoms with van der Waals surface area (Å²) in [5.41, 5.74) is 10.4. The topological polar surface area (TPSA) is 81.9 Å². The largest absolute Gasteiger partial charge is 0.503 e. The summed E-state index contributed by atoms with van der Waals surface area (Å²) in [7, 11) is 0. The van der Waals surface area contributed by atoms with E-state index in [1.807, 2.05) is 53.1 Å². The molecule has 0 spiro atoms. The van der Waals surface area contributed by atoms with Gasteiger partial charge in [-0.3, -0.25) is 0 Å². The SMILES string of the molecule is CCCn1c(/C(N)=C(/O)c2nc3ccccc3n2CCC)nc2ccccc21. The fourth-order valence-corrected chi connectivity index (χ4v) is 3.66. The van der Waals surface area contributed by atoms with Crippen LogP contribution in [0.3, 0.4) is 0 Å². The van der Waals surface area contributed by atoms with Gasteiger partial charge < -0.3 is 20.0 Å². The van der Waals surface area contributed by atoms with E-state index in [-0.39, 0.29) is 11.5 Å². The Hall–Kier alpha value is -3.28. The maximum absolute atomic E-state index is 11.1. The second kappa shape index (κ2) is 7.38. The van der Waals surface area contributed by atoms with Crippen LogP contribution < -0.4 is 5.73 Å². The van der Waals surface area contributed by atoms with Crippen molar-refractivity contribution in [3.8, 4) is 0 Å². The number of aliphatic hydroxyl groups is 1. The molecule has 0 atom stereocenters. The van der Waals surface area contributed by atoms with Gasteiger partial charge in [0.25, 0.3) is 0 Å². The zero-order chi connectivity index (χ0) is 19.7. The second-order valence-corrected chi connectivity index (χ2v) is 6.91. The molecule has 4 aromatic rings. The highest BCUT2D eigenvalue weighted by Gasteiger charge is 2.20. The van der Waals surface area contributed by atoms with Crippen molar-refractivity contribution in [1.29, 1.82) is 0 Å². The maximum Gasteiger partial charge on any atom is 0.186 e. The van der Waals surface area contributed by atoms with Crippen LogP contribution in [0.4, 0.5) is 0 Å². The van der Waals surface area contributed by atoms with Gasteiger partial charge in [0, 0.05) is 13.1 Å². The van der Waals surface area contributed by atoms with Crippen molar-refractivity contribution < 1.29 is 5.11 Å². The summed E-state index contributed by atoms with van der Waals surface area (Å²) in [6.45, 7) is 5.73. The third kappa shape index (κ3) is 2.91. The minimum atomic E-state index is -0.0303. The number of aromatic nitrogens is 4. The highest BCUT2D eigenvalue weighted by Crippen LogP contribution is 2.27. The van der Waals surface area contributed by atoms with E-state index in [0.717, 1.165) is 48.0 Å². The van der Waals surface area contributed by atoms with E-state index in [2.05, 4.69) is 23.4 Å². The lowest BCUT2D eigenvalue weighted by Gasteiger charge is -2.11. The molecule has 6 nitrogen and oxygen atoms in total. The van der Waals surface area contributed by atoms with Gasteiger partial charge >= 0.3 is 0 Å². The molecule has 0 unspecified atom stereocenters. The van der Waals surface area contributed by atoms with Crippen molar-refractivity contribution in [3.05, 3.63) is 60.2 Å². The van der Waals surface area contributed by atoms with Crippen LogP contribution in [-0.4, -0.2) is 24.2 Å². The quantitative estimate of drug-likeness (QED) is 0.485. The Morgan fingerprint density at radius 2 is 1.29 bits per heavy atom. The Morgan fingerprint density at radius 3 is 1.82 bits per heavy atom. The van der Waals surface area contributed by atoms with Crippen LogP contribution >= 0.6 is 0 Å². The van der Waals surface area contributed by atoms with Crippen LogP contribution in [-0.2, 0) is 13.1 Å². The van der Waals surface area contributed by atoms with Crippen molar-refractivity contribution in [3.63, 3.8) is 0 Å². The Labute approximate surface area is 163 Å². The van der Waals surface area contributed by atoms with Gasteiger partial charge in [0.15, 0.2) is 17.4 Å². The number of benzene rings is 2. The molecule has 0 saturated carbocycles. The Bertz CT molecular complexity index is 1080. The first kappa shape index (κ1) is 18.1. The van der Waals surface area contributed by atoms with E-state index in [4.69, 9.17) is 10.7 Å². The molecule has 2 aromatic heterocycles.